The summed E-state index contributed by atoms with van der Waals surface area (Å²) in [6.07, 6.45) is -0.0570. The summed E-state index contributed by atoms with van der Waals surface area (Å²) in [7, 11) is 1.59. The Morgan fingerprint density at radius 2 is 2.07 bits per heavy atom. The topological polar surface area (TPSA) is 35.5 Å². The van der Waals surface area contributed by atoms with Gasteiger partial charge in [-0.25, -0.2) is 4.79 Å². The summed E-state index contributed by atoms with van der Waals surface area (Å²) < 4.78 is 10.3. The molecule has 0 unspecified atom stereocenters. The fourth-order valence-corrected chi connectivity index (χ4v) is 1.82. The molecule has 0 fully saturated rings. The van der Waals surface area contributed by atoms with Gasteiger partial charge in [-0.2, -0.15) is 0 Å². The Hall–Kier alpha value is -1.51. The standard InChI is InChI=1S/C12H14O3/c1-7-8(2)15-12(13)11-6-9(14-3)4-5-10(7)11/h4-8H,1-3H3/t7-,8+/m1/s1. The molecule has 0 radical (unpaired) electrons. The van der Waals surface area contributed by atoms with Gasteiger partial charge in [0, 0.05) is 5.92 Å². The highest BCUT2D eigenvalue weighted by atomic mass is 16.5. The van der Waals surface area contributed by atoms with Gasteiger partial charge in [-0.05, 0) is 24.6 Å². The zero-order chi connectivity index (χ0) is 11.0. The summed E-state index contributed by atoms with van der Waals surface area (Å²) in [4.78, 5) is 11.6. The molecule has 15 heavy (non-hydrogen) atoms. The highest BCUT2D eigenvalue weighted by Crippen LogP contribution is 2.32. The van der Waals surface area contributed by atoms with Crippen molar-refractivity contribution < 1.29 is 14.3 Å². The van der Waals surface area contributed by atoms with Crippen LogP contribution in [0.3, 0.4) is 0 Å². The molecule has 0 amide bonds. The number of ether oxygens (including phenoxy) is 2. The maximum atomic E-state index is 11.6. The van der Waals surface area contributed by atoms with Crippen LogP contribution in [0.5, 0.6) is 5.75 Å². The lowest BCUT2D eigenvalue weighted by Crippen LogP contribution is -2.28. The third kappa shape index (κ3) is 1.58. The van der Waals surface area contributed by atoms with Crippen LogP contribution in [0.1, 0.15) is 35.7 Å². The highest BCUT2D eigenvalue weighted by Gasteiger charge is 2.29. The molecular weight excluding hydrogens is 192 g/mol. The molecule has 0 saturated carbocycles. The van der Waals surface area contributed by atoms with E-state index in [0.29, 0.717) is 11.3 Å². The van der Waals surface area contributed by atoms with Crippen LogP contribution < -0.4 is 4.74 Å². The van der Waals surface area contributed by atoms with E-state index in [-0.39, 0.29) is 18.0 Å². The Bertz CT molecular complexity index is 398. The van der Waals surface area contributed by atoms with E-state index in [1.165, 1.54) is 0 Å². The maximum Gasteiger partial charge on any atom is 0.338 e. The van der Waals surface area contributed by atoms with Crippen molar-refractivity contribution in [1.82, 2.24) is 0 Å². The number of benzene rings is 1. The molecule has 1 aromatic rings. The third-order valence-corrected chi connectivity index (χ3v) is 2.97. The number of carbonyl (C=O) groups is 1. The monoisotopic (exact) mass is 206 g/mol. The number of carbonyl (C=O) groups excluding carboxylic acids is 1. The summed E-state index contributed by atoms with van der Waals surface area (Å²) in [6.45, 7) is 3.97. The molecule has 0 N–H and O–H groups in total. The molecule has 3 nitrogen and oxygen atoms in total. The van der Waals surface area contributed by atoms with Gasteiger partial charge in [0.05, 0.1) is 12.7 Å². The first-order valence-electron chi connectivity index (χ1n) is 5.02. The molecule has 2 rings (SSSR count). The summed E-state index contributed by atoms with van der Waals surface area (Å²) in [5, 5.41) is 0. The predicted octanol–water partition coefficient (Wildman–Crippen LogP) is 2.36. The number of hydrogen-bond acceptors (Lipinski definition) is 3. The van der Waals surface area contributed by atoms with Gasteiger partial charge < -0.3 is 9.47 Å². The van der Waals surface area contributed by atoms with E-state index < -0.39 is 0 Å². The highest BCUT2D eigenvalue weighted by molar-refractivity contribution is 5.93. The van der Waals surface area contributed by atoms with E-state index in [4.69, 9.17) is 9.47 Å². The molecule has 3 heteroatoms. The predicted molar refractivity (Wildman–Crippen MR) is 56.3 cm³/mol. The zero-order valence-electron chi connectivity index (χ0n) is 9.11. The maximum absolute atomic E-state index is 11.6. The summed E-state index contributed by atoms with van der Waals surface area (Å²) in [5.74, 6) is 0.672. The summed E-state index contributed by atoms with van der Waals surface area (Å²) >= 11 is 0. The lowest BCUT2D eigenvalue weighted by atomic mass is 9.89. The van der Waals surface area contributed by atoms with E-state index in [0.717, 1.165) is 5.56 Å². The van der Waals surface area contributed by atoms with Crippen molar-refractivity contribution in [2.24, 2.45) is 0 Å². The lowest BCUT2D eigenvalue weighted by Gasteiger charge is -2.28. The summed E-state index contributed by atoms with van der Waals surface area (Å²) in [6, 6.07) is 5.55. The van der Waals surface area contributed by atoms with Crippen LogP contribution in [0, 0.1) is 0 Å². The molecule has 0 bridgehead atoms. The first kappa shape index (κ1) is 10.0. The van der Waals surface area contributed by atoms with Gasteiger partial charge in [0.2, 0.25) is 0 Å². The molecular formula is C12H14O3. The fourth-order valence-electron chi connectivity index (χ4n) is 1.82. The van der Waals surface area contributed by atoms with E-state index in [1.54, 1.807) is 13.2 Å². The van der Waals surface area contributed by atoms with Gasteiger partial charge in [0.15, 0.2) is 0 Å². The smallest absolute Gasteiger partial charge is 0.338 e. The van der Waals surface area contributed by atoms with E-state index in [2.05, 4.69) is 6.92 Å². The molecule has 1 aromatic carbocycles. The average Bonchev–Trinajstić information content (AvgIpc) is 2.25. The van der Waals surface area contributed by atoms with Crippen LogP contribution in [0.15, 0.2) is 18.2 Å². The number of cyclic esters (lactones) is 1. The van der Waals surface area contributed by atoms with Gasteiger partial charge in [0.25, 0.3) is 0 Å². The molecule has 80 valence electrons. The van der Waals surface area contributed by atoms with Crippen LogP contribution in [0.2, 0.25) is 0 Å². The normalized spacial score (nSPS) is 24.3. The Balaban J connectivity index is 2.51. The second kappa shape index (κ2) is 3.57. The number of methoxy groups -OCH3 is 1. The molecule has 0 saturated heterocycles. The van der Waals surface area contributed by atoms with Crippen LogP contribution in [-0.2, 0) is 4.74 Å². The van der Waals surface area contributed by atoms with Crippen molar-refractivity contribution in [2.75, 3.05) is 7.11 Å². The van der Waals surface area contributed by atoms with Crippen LogP contribution in [0.25, 0.3) is 0 Å². The number of rotatable bonds is 1. The van der Waals surface area contributed by atoms with Crippen molar-refractivity contribution in [1.29, 1.82) is 0 Å². The van der Waals surface area contributed by atoms with Crippen LogP contribution in [-0.4, -0.2) is 19.2 Å². The Morgan fingerprint density at radius 3 is 2.73 bits per heavy atom. The van der Waals surface area contributed by atoms with E-state index >= 15 is 0 Å². The zero-order valence-corrected chi connectivity index (χ0v) is 9.11. The molecule has 2 atom stereocenters. The first-order chi connectivity index (χ1) is 7.13. The third-order valence-electron chi connectivity index (χ3n) is 2.97. The molecule has 0 aliphatic carbocycles. The fraction of sp³-hybridized carbons (Fsp3) is 0.417. The molecule has 1 aliphatic rings. The summed E-state index contributed by atoms with van der Waals surface area (Å²) in [5.41, 5.74) is 1.67. The Labute approximate surface area is 89.0 Å². The van der Waals surface area contributed by atoms with Gasteiger partial charge >= 0.3 is 5.97 Å². The average molecular weight is 206 g/mol. The van der Waals surface area contributed by atoms with Crippen molar-refractivity contribution in [2.45, 2.75) is 25.9 Å². The molecule has 0 aromatic heterocycles. The second-order valence-electron chi connectivity index (χ2n) is 3.85. The second-order valence-corrected chi connectivity index (χ2v) is 3.85. The van der Waals surface area contributed by atoms with Gasteiger partial charge in [-0.1, -0.05) is 13.0 Å². The van der Waals surface area contributed by atoms with Gasteiger partial charge in [-0.15, -0.1) is 0 Å². The molecule has 1 aliphatic heterocycles. The minimum Gasteiger partial charge on any atom is -0.497 e. The SMILES string of the molecule is COc1ccc2c(c1)C(=O)O[C@@H](C)[C@H]2C. The largest absolute Gasteiger partial charge is 0.497 e. The quantitative estimate of drug-likeness (QED) is 0.662. The Morgan fingerprint density at radius 1 is 1.33 bits per heavy atom. The minimum atomic E-state index is -0.255. The minimum absolute atomic E-state index is 0.0570. The van der Waals surface area contributed by atoms with Crippen LogP contribution in [0.4, 0.5) is 0 Å². The van der Waals surface area contributed by atoms with Crippen molar-refractivity contribution in [3.63, 3.8) is 0 Å². The van der Waals surface area contributed by atoms with Gasteiger partial charge in [0.1, 0.15) is 11.9 Å². The molecule has 1 heterocycles. The Kier molecular flexibility index (Phi) is 2.39. The van der Waals surface area contributed by atoms with Crippen molar-refractivity contribution >= 4 is 5.97 Å². The van der Waals surface area contributed by atoms with E-state index in [9.17, 15) is 4.79 Å². The number of esters is 1. The van der Waals surface area contributed by atoms with E-state index in [1.807, 2.05) is 19.1 Å². The lowest BCUT2D eigenvalue weighted by molar-refractivity contribution is 0.0240. The molecule has 0 spiro atoms. The number of hydrogen-bond donors (Lipinski definition) is 0. The number of fused-ring (bicyclic) bond motifs is 1. The van der Waals surface area contributed by atoms with Crippen molar-refractivity contribution in [3.8, 4) is 5.75 Å². The van der Waals surface area contributed by atoms with Crippen LogP contribution >= 0.6 is 0 Å². The van der Waals surface area contributed by atoms with Gasteiger partial charge in [-0.3, -0.25) is 0 Å². The van der Waals surface area contributed by atoms with Crippen molar-refractivity contribution in [3.05, 3.63) is 29.3 Å². The first-order valence-corrected chi connectivity index (χ1v) is 5.02.